The van der Waals surface area contributed by atoms with Gasteiger partial charge in [-0.05, 0) is 11.6 Å². The standard InChI is InChI=1S/C12H19N3O5S2/c1-21(16,17)13-10-11-4-2-3-5-12(11)14-22(18,19)15-6-8-20-9-7-15/h2-5,13-14H,6-10H2,1H3. The highest BCUT2D eigenvalue weighted by molar-refractivity contribution is 7.90. The van der Waals surface area contributed by atoms with Crippen LogP contribution in [0, 0.1) is 0 Å². The number of ether oxygens (including phenoxy) is 1. The number of para-hydroxylation sites is 1. The van der Waals surface area contributed by atoms with E-state index in [-0.39, 0.29) is 6.54 Å². The Morgan fingerprint density at radius 2 is 1.77 bits per heavy atom. The molecule has 1 fully saturated rings. The van der Waals surface area contributed by atoms with Gasteiger partial charge in [-0.3, -0.25) is 4.72 Å². The smallest absolute Gasteiger partial charge is 0.301 e. The molecule has 0 saturated carbocycles. The molecule has 0 atom stereocenters. The molecule has 0 unspecified atom stereocenters. The molecule has 124 valence electrons. The van der Waals surface area contributed by atoms with Crippen LogP contribution in [0.1, 0.15) is 5.56 Å². The molecule has 1 aliphatic heterocycles. The van der Waals surface area contributed by atoms with Crippen LogP contribution in [-0.2, 0) is 31.5 Å². The van der Waals surface area contributed by atoms with Crippen LogP contribution >= 0.6 is 0 Å². The Morgan fingerprint density at radius 1 is 1.14 bits per heavy atom. The van der Waals surface area contributed by atoms with Gasteiger partial charge < -0.3 is 4.74 Å². The van der Waals surface area contributed by atoms with Crippen LogP contribution in [0.2, 0.25) is 0 Å². The van der Waals surface area contributed by atoms with Crippen LogP contribution < -0.4 is 9.44 Å². The topological polar surface area (TPSA) is 105 Å². The van der Waals surface area contributed by atoms with Gasteiger partial charge in [0.05, 0.1) is 25.2 Å². The maximum absolute atomic E-state index is 12.3. The monoisotopic (exact) mass is 349 g/mol. The minimum absolute atomic E-state index is 0.0145. The summed E-state index contributed by atoms with van der Waals surface area (Å²) in [6, 6.07) is 6.65. The zero-order chi connectivity index (χ0) is 16.2. The molecule has 0 bridgehead atoms. The van der Waals surface area contributed by atoms with Gasteiger partial charge in [0.25, 0.3) is 0 Å². The molecule has 0 spiro atoms. The van der Waals surface area contributed by atoms with Crippen molar-refractivity contribution >= 4 is 25.9 Å². The van der Waals surface area contributed by atoms with Gasteiger partial charge in [0.1, 0.15) is 0 Å². The molecule has 10 heteroatoms. The van der Waals surface area contributed by atoms with Crippen LogP contribution in [0.3, 0.4) is 0 Å². The van der Waals surface area contributed by atoms with Crippen molar-refractivity contribution in [2.75, 3.05) is 37.3 Å². The first kappa shape index (κ1) is 17.2. The Balaban J connectivity index is 2.15. The quantitative estimate of drug-likeness (QED) is 0.735. The minimum Gasteiger partial charge on any atom is -0.379 e. The summed E-state index contributed by atoms with van der Waals surface area (Å²) in [5.41, 5.74) is 0.898. The second kappa shape index (κ2) is 6.92. The molecule has 1 aromatic carbocycles. The lowest BCUT2D eigenvalue weighted by molar-refractivity contribution is 0.0733. The van der Waals surface area contributed by atoms with Crippen molar-refractivity contribution in [3.05, 3.63) is 29.8 Å². The molecule has 0 amide bonds. The number of rotatable bonds is 6. The predicted molar refractivity (Wildman–Crippen MR) is 83.1 cm³/mol. The van der Waals surface area contributed by atoms with Crippen molar-refractivity contribution in [2.45, 2.75) is 6.54 Å². The highest BCUT2D eigenvalue weighted by atomic mass is 32.2. The van der Waals surface area contributed by atoms with Crippen molar-refractivity contribution in [2.24, 2.45) is 0 Å². The number of anilines is 1. The van der Waals surface area contributed by atoms with Crippen LogP contribution in [0.25, 0.3) is 0 Å². The van der Waals surface area contributed by atoms with Gasteiger partial charge >= 0.3 is 10.2 Å². The van der Waals surface area contributed by atoms with E-state index >= 15 is 0 Å². The van der Waals surface area contributed by atoms with Crippen LogP contribution in [-0.4, -0.2) is 53.7 Å². The lowest BCUT2D eigenvalue weighted by Gasteiger charge is -2.26. The van der Waals surface area contributed by atoms with E-state index in [1.165, 1.54) is 4.31 Å². The highest BCUT2D eigenvalue weighted by Crippen LogP contribution is 2.18. The summed E-state index contributed by atoms with van der Waals surface area (Å²) in [4.78, 5) is 0. The zero-order valence-electron chi connectivity index (χ0n) is 12.1. The molecule has 1 aromatic rings. The Bertz CT molecular complexity index is 712. The van der Waals surface area contributed by atoms with Gasteiger partial charge in [-0.15, -0.1) is 0 Å². The van der Waals surface area contributed by atoms with Gasteiger partial charge in [-0.25, -0.2) is 13.1 Å². The highest BCUT2D eigenvalue weighted by Gasteiger charge is 2.24. The molecule has 0 aliphatic carbocycles. The average molecular weight is 349 g/mol. The van der Waals surface area contributed by atoms with Gasteiger partial charge in [0, 0.05) is 19.6 Å². The lowest BCUT2D eigenvalue weighted by Crippen LogP contribution is -2.43. The second-order valence-corrected chi connectivity index (χ2v) is 8.37. The molecular weight excluding hydrogens is 330 g/mol. The van der Waals surface area contributed by atoms with Crippen LogP contribution in [0.4, 0.5) is 5.69 Å². The Labute approximate surface area is 130 Å². The summed E-state index contributed by atoms with van der Waals surface area (Å²) in [5.74, 6) is 0. The first-order chi connectivity index (χ1) is 10.3. The van der Waals surface area contributed by atoms with E-state index in [2.05, 4.69) is 9.44 Å². The molecule has 1 heterocycles. The van der Waals surface area contributed by atoms with E-state index in [1.807, 2.05) is 0 Å². The Morgan fingerprint density at radius 3 is 2.41 bits per heavy atom. The van der Waals surface area contributed by atoms with Crippen molar-refractivity contribution < 1.29 is 21.6 Å². The predicted octanol–water partition coefficient (Wildman–Crippen LogP) is -0.275. The summed E-state index contributed by atoms with van der Waals surface area (Å²) in [6.45, 7) is 1.31. The Kier molecular flexibility index (Phi) is 5.40. The molecule has 22 heavy (non-hydrogen) atoms. The van der Waals surface area contributed by atoms with E-state index in [0.29, 0.717) is 37.6 Å². The fraction of sp³-hybridized carbons (Fsp3) is 0.500. The van der Waals surface area contributed by atoms with E-state index < -0.39 is 20.2 Å². The van der Waals surface area contributed by atoms with Crippen molar-refractivity contribution in [1.29, 1.82) is 0 Å². The third-order valence-electron chi connectivity index (χ3n) is 3.09. The minimum atomic E-state index is -3.69. The normalized spacial score (nSPS) is 17.3. The largest absolute Gasteiger partial charge is 0.379 e. The fourth-order valence-corrected chi connectivity index (χ4v) is 3.63. The average Bonchev–Trinajstić information content (AvgIpc) is 2.46. The van der Waals surface area contributed by atoms with Crippen LogP contribution in [0.15, 0.2) is 24.3 Å². The Hall–Kier alpha value is -1.20. The summed E-state index contributed by atoms with van der Waals surface area (Å²) in [5, 5.41) is 0. The molecule has 2 rings (SSSR count). The molecule has 0 radical (unpaired) electrons. The first-order valence-electron chi connectivity index (χ1n) is 6.66. The summed E-state index contributed by atoms with van der Waals surface area (Å²) in [6.07, 6.45) is 1.05. The number of nitrogens with zero attached hydrogens (tertiary/aromatic N) is 1. The van der Waals surface area contributed by atoms with E-state index in [4.69, 9.17) is 4.74 Å². The van der Waals surface area contributed by atoms with Gasteiger partial charge in [0.2, 0.25) is 10.0 Å². The van der Waals surface area contributed by atoms with Gasteiger partial charge in [-0.2, -0.15) is 12.7 Å². The van der Waals surface area contributed by atoms with E-state index in [1.54, 1.807) is 24.3 Å². The summed E-state index contributed by atoms with van der Waals surface area (Å²) in [7, 11) is -7.04. The number of hydrogen-bond acceptors (Lipinski definition) is 5. The zero-order valence-corrected chi connectivity index (χ0v) is 13.8. The number of hydrogen-bond donors (Lipinski definition) is 2. The number of benzene rings is 1. The number of sulfonamides is 1. The van der Waals surface area contributed by atoms with E-state index in [0.717, 1.165) is 6.26 Å². The third kappa shape index (κ3) is 4.92. The van der Waals surface area contributed by atoms with Crippen molar-refractivity contribution in [3.8, 4) is 0 Å². The van der Waals surface area contributed by atoms with E-state index in [9.17, 15) is 16.8 Å². The SMILES string of the molecule is CS(=O)(=O)NCc1ccccc1NS(=O)(=O)N1CCOCC1. The number of nitrogens with one attached hydrogen (secondary N) is 2. The molecule has 8 nitrogen and oxygen atoms in total. The van der Waals surface area contributed by atoms with Gasteiger partial charge in [0.15, 0.2) is 0 Å². The summed E-state index contributed by atoms with van der Waals surface area (Å²) < 4.78 is 58.3. The molecular formula is C12H19N3O5S2. The molecule has 1 aliphatic rings. The van der Waals surface area contributed by atoms with Crippen molar-refractivity contribution in [1.82, 2.24) is 9.03 Å². The molecule has 1 saturated heterocycles. The molecule has 2 N–H and O–H groups in total. The second-order valence-electron chi connectivity index (χ2n) is 4.87. The lowest BCUT2D eigenvalue weighted by atomic mass is 10.2. The fourth-order valence-electron chi connectivity index (χ4n) is 1.97. The summed E-state index contributed by atoms with van der Waals surface area (Å²) >= 11 is 0. The first-order valence-corrected chi connectivity index (χ1v) is 9.99. The molecule has 0 aromatic heterocycles. The third-order valence-corrected chi connectivity index (χ3v) is 5.28. The van der Waals surface area contributed by atoms with Crippen LogP contribution in [0.5, 0.6) is 0 Å². The van der Waals surface area contributed by atoms with Crippen molar-refractivity contribution in [3.63, 3.8) is 0 Å². The maximum atomic E-state index is 12.3. The van der Waals surface area contributed by atoms with Gasteiger partial charge in [-0.1, -0.05) is 18.2 Å². The maximum Gasteiger partial charge on any atom is 0.301 e. The number of morpholine rings is 1.